The summed E-state index contributed by atoms with van der Waals surface area (Å²) in [6.07, 6.45) is 2.32. The SMILES string of the molecule is CC(=O)c1cnc2c(-c3ccc(Cl)cc3)c(Cc3ccccc3)nn2c1C. The number of carbonyl (C=O) groups is 1. The normalized spacial score (nSPS) is 11.1. The van der Waals surface area contributed by atoms with Crippen LogP contribution >= 0.6 is 11.6 Å². The van der Waals surface area contributed by atoms with E-state index in [0.29, 0.717) is 17.0 Å². The van der Waals surface area contributed by atoms with Crippen LogP contribution < -0.4 is 0 Å². The van der Waals surface area contributed by atoms with Crippen molar-refractivity contribution >= 4 is 23.0 Å². The minimum atomic E-state index is -0.0185. The van der Waals surface area contributed by atoms with Crippen molar-refractivity contribution in [1.29, 1.82) is 0 Å². The first kappa shape index (κ1) is 17.4. The monoisotopic (exact) mass is 375 g/mol. The highest BCUT2D eigenvalue weighted by atomic mass is 35.5. The molecule has 0 radical (unpaired) electrons. The molecule has 5 heteroatoms. The second kappa shape index (κ2) is 6.97. The Morgan fingerprint density at radius 2 is 1.78 bits per heavy atom. The lowest BCUT2D eigenvalue weighted by Crippen LogP contribution is -2.05. The molecule has 0 amide bonds. The highest BCUT2D eigenvalue weighted by molar-refractivity contribution is 6.30. The largest absolute Gasteiger partial charge is 0.294 e. The van der Waals surface area contributed by atoms with Crippen LogP contribution in [0.3, 0.4) is 0 Å². The van der Waals surface area contributed by atoms with Crippen molar-refractivity contribution in [2.45, 2.75) is 20.3 Å². The van der Waals surface area contributed by atoms with Gasteiger partial charge in [0.1, 0.15) is 0 Å². The first-order valence-corrected chi connectivity index (χ1v) is 9.10. The number of halogens is 1. The second-order valence-corrected chi connectivity index (χ2v) is 6.98. The van der Waals surface area contributed by atoms with Gasteiger partial charge in [0.15, 0.2) is 11.4 Å². The highest BCUT2D eigenvalue weighted by Gasteiger charge is 2.19. The number of aromatic nitrogens is 3. The van der Waals surface area contributed by atoms with E-state index in [9.17, 15) is 4.79 Å². The predicted octanol–water partition coefficient (Wildman–Crippen LogP) is 5.15. The molecule has 4 nitrogen and oxygen atoms in total. The number of nitrogens with zero attached hydrogens (tertiary/aromatic N) is 3. The lowest BCUT2D eigenvalue weighted by Gasteiger charge is -2.05. The van der Waals surface area contributed by atoms with E-state index < -0.39 is 0 Å². The molecule has 27 heavy (non-hydrogen) atoms. The smallest absolute Gasteiger partial charge is 0.163 e. The van der Waals surface area contributed by atoms with Gasteiger partial charge in [-0.1, -0.05) is 54.1 Å². The van der Waals surface area contributed by atoms with E-state index in [1.54, 1.807) is 17.6 Å². The van der Waals surface area contributed by atoms with Crippen LogP contribution in [0.4, 0.5) is 0 Å². The van der Waals surface area contributed by atoms with Gasteiger partial charge in [-0.15, -0.1) is 0 Å². The standard InChI is InChI=1S/C22H18ClN3O/c1-14-19(15(2)27)13-24-22-21(17-8-10-18(23)11-9-17)20(25-26(14)22)12-16-6-4-3-5-7-16/h3-11,13H,12H2,1-2H3. The van der Waals surface area contributed by atoms with E-state index in [-0.39, 0.29) is 5.78 Å². The molecule has 0 spiro atoms. The number of Topliss-reactive ketones (excluding diaryl/α,β-unsaturated/α-hetero) is 1. The van der Waals surface area contributed by atoms with Crippen LogP contribution in [-0.4, -0.2) is 20.4 Å². The molecule has 2 aromatic carbocycles. The van der Waals surface area contributed by atoms with E-state index in [1.807, 2.05) is 49.4 Å². The van der Waals surface area contributed by atoms with E-state index in [4.69, 9.17) is 16.7 Å². The number of hydrogen-bond donors (Lipinski definition) is 0. The zero-order valence-electron chi connectivity index (χ0n) is 15.1. The molecule has 0 atom stereocenters. The van der Waals surface area contributed by atoms with Gasteiger partial charge in [0.05, 0.1) is 22.5 Å². The average molecular weight is 376 g/mol. The maximum atomic E-state index is 11.9. The molecule has 0 unspecified atom stereocenters. The Bertz CT molecular complexity index is 1130. The van der Waals surface area contributed by atoms with Gasteiger partial charge in [0.2, 0.25) is 0 Å². The molecule has 0 aliphatic heterocycles. The summed E-state index contributed by atoms with van der Waals surface area (Å²) in [5.74, 6) is -0.0185. The lowest BCUT2D eigenvalue weighted by molar-refractivity contribution is 0.101. The van der Waals surface area contributed by atoms with Gasteiger partial charge in [0, 0.05) is 17.6 Å². The summed E-state index contributed by atoms with van der Waals surface area (Å²) < 4.78 is 1.78. The maximum absolute atomic E-state index is 11.9. The quantitative estimate of drug-likeness (QED) is 0.463. The van der Waals surface area contributed by atoms with Gasteiger partial charge >= 0.3 is 0 Å². The second-order valence-electron chi connectivity index (χ2n) is 6.54. The number of carbonyl (C=O) groups excluding carboxylic acids is 1. The van der Waals surface area contributed by atoms with Crippen LogP contribution in [0.25, 0.3) is 16.8 Å². The number of ketones is 1. The summed E-state index contributed by atoms with van der Waals surface area (Å²) >= 11 is 6.07. The number of rotatable bonds is 4. The van der Waals surface area contributed by atoms with Crippen LogP contribution in [0.2, 0.25) is 5.02 Å². The summed E-state index contributed by atoms with van der Waals surface area (Å²) in [7, 11) is 0. The van der Waals surface area contributed by atoms with Crippen LogP contribution in [0.1, 0.15) is 34.2 Å². The van der Waals surface area contributed by atoms with E-state index in [2.05, 4.69) is 17.1 Å². The summed E-state index contributed by atoms with van der Waals surface area (Å²) in [6.45, 7) is 3.45. The van der Waals surface area contributed by atoms with Crippen molar-refractivity contribution in [3.05, 3.63) is 88.3 Å². The van der Waals surface area contributed by atoms with Crippen LogP contribution in [-0.2, 0) is 6.42 Å². The van der Waals surface area contributed by atoms with Gasteiger partial charge in [-0.2, -0.15) is 5.10 Å². The minimum absolute atomic E-state index is 0.0185. The Hall–Kier alpha value is -2.98. The highest BCUT2D eigenvalue weighted by Crippen LogP contribution is 2.31. The molecule has 2 aromatic heterocycles. The van der Waals surface area contributed by atoms with Gasteiger partial charge in [-0.3, -0.25) is 4.79 Å². The molecule has 2 heterocycles. The Labute approximate surface area is 162 Å². The molecule has 4 aromatic rings. The van der Waals surface area contributed by atoms with Gasteiger partial charge in [-0.05, 0) is 37.1 Å². The molecule has 134 valence electrons. The molecule has 0 bridgehead atoms. The average Bonchev–Trinajstić information content (AvgIpc) is 3.02. The number of fused-ring (bicyclic) bond motifs is 1. The molecular formula is C22H18ClN3O. The van der Waals surface area contributed by atoms with E-state index in [0.717, 1.165) is 28.2 Å². The number of hydrogen-bond acceptors (Lipinski definition) is 3. The topological polar surface area (TPSA) is 47.3 Å². The number of aryl methyl sites for hydroxylation is 1. The molecule has 0 N–H and O–H groups in total. The van der Waals surface area contributed by atoms with Crippen LogP contribution in [0.15, 0.2) is 60.8 Å². The Morgan fingerprint density at radius 3 is 2.44 bits per heavy atom. The van der Waals surface area contributed by atoms with E-state index in [1.165, 1.54) is 5.56 Å². The van der Waals surface area contributed by atoms with E-state index >= 15 is 0 Å². The maximum Gasteiger partial charge on any atom is 0.163 e. The van der Waals surface area contributed by atoms with Crippen molar-refractivity contribution < 1.29 is 4.79 Å². The summed E-state index contributed by atoms with van der Waals surface area (Å²) in [6, 6.07) is 17.9. The van der Waals surface area contributed by atoms with Crippen LogP contribution in [0, 0.1) is 6.92 Å². The third-order valence-corrected chi connectivity index (χ3v) is 4.94. The first-order chi connectivity index (χ1) is 13.0. The predicted molar refractivity (Wildman–Crippen MR) is 107 cm³/mol. The Balaban J connectivity index is 1.96. The Morgan fingerprint density at radius 1 is 1.07 bits per heavy atom. The lowest BCUT2D eigenvalue weighted by atomic mass is 10.0. The number of benzene rings is 2. The first-order valence-electron chi connectivity index (χ1n) is 8.72. The summed E-state index contributed by atoms with van der Waals surface area (Å²) in [5, 5.41) is 5.50. The fourth-order valence-corrected chi connectivity index (χ4v) is 3.44. The molecule has 4 rings (SSSR count). The molecule has 0 saturated carbocycles. The third kappa shape index (κ3) is 3.24. The Kier molecular flexibility index (Phi) is 4.50. The summed E-state index contributed by atoms with van der Waals surface area (Å²) in [5.41, 5.74) is 6.17. The van der Waals surface area contributed by atoms with Crippen molar-refractivity contribution in [1.82, 2.24) is 14.6 Å². The molecule has 0 saturated heterocycles. The molecule has 0 fully saturated rings. The summed E-state index contributed by atoms with van der Waals surface area (Å²) in [4.78, 5) is 16.5. The minimum Gasteiger partial charge on any atom is -0.294 e. The molecule has 0 aliphatic carbocycles. The van der Waals surface area contributed by atoms with Crippen molar-refractivity contribution in [2.24, 2.45) is 0 Å². The zero-order valence-corrected chi connectivity index (χ0v) is 15.9. The van der Waals surface area contributed by atoms with Gasteiger partial charge < -0.3 is 0 Å². The molecule has 0 aliphatic rings. The van der Waals surface area contributed by atoms with Gasteiger partial charge in [-0.25, -0.2) is 9.50 Å². The zero-order chi connectivity index (χ0) is 19.0. The van der Waals surface area contributed by atoms with Crippen molar-refractivity contribution in [3.8, 4) is 11.1 Å². The van der Waals surface area contributed by atoms with Crippen molar-refractivity contribution in [3.63, 3.8) is 0 Å². The van der Waals surface area contributed by atoms with Crippen molar-refractivity contribution in [2.75, 3.05) is 0 Å². The fourth-order valence-electron chi connectivity index (χ4n) is 3.31. The fraction of sp³-hybridized carbons (Fsp3) is 0.136. The van der Waals surface area contributed by atoms with Crippen LogP contribution in [0.5, 0.6) is 0 Å². The van der Waals surface area contributed by atoms with Gasteiger partial charge in [0.25, 0.3) is 0 Å². The third-order valence-electron chi connectivity index (χ3n) is 4.68. The molecular weight excluding hydrogens is 358 g/mol.